The number of aliphatic hydroxyl groups excluding tert-OH is 1. The van der Waals surface area contributed by atoms with Gasteiger partial charge in [0.1, 0.15) is 6.10 Å². The van der Waals surface area contributed by atoms with Gasteiger partial charge in [0, 0.05) is 0 Å². The molecule has 0 aliphatic rings. The maximum absolute atomic E-state index is 9.30. The lowest BCUT2D eigenvalue weighted by Gasteiger charge is -2.03. The Kier molecular flexibility index (Phi) is 3.97. The van der Waals surface area contributed by atoms with Gasteiger partial charge in [0.25, 0.3) is 0 Å². The summed E-state index contributed by atoms with van der Waals surface area (Å²) >= 11 is 0. The Bertz CT molecular complexity index is 343. The fourth-order valence-corrected chi connectivity index (χ4v) is 1.14. The highest BCUT2D eigenvalue weighted by Crippen LogP contribution is 2.05. The van der Waals surface area contributed by atoms with Crippen LogP contribution < -0.4 is 0 Å². The lowest BCUT2D eigenvalue weighted by Crippen LogP contribution is -2.04. The minimum absolute atomic E-state index is 0.751. The summed E-state index contributed by atoms with van der Waals surface area (Å²) in [6.45, 7) is 1.84. The van der Waals surface area contributed by atoms with Gasteiger partial charge >= 0.3 is 0 Å². The first-order valence-corrected chi connectivity index (χ1v) is 4.59. The molecule has 0 heterocycles. The van der Waals surface area contributed by atoms with E-state index in [0.29, 0.717) is 0 Å². The fraction of sp³-hybridized carbons (Fsp3) is 0.231. The molecule has 0 aromatic heterocycles. The summed E-state index contributed by atoms with van der Waals surface area (Å²) in [7, 11) is 0. The Balaban J connectivity index is 2.60. The van der Waals surface area contributed by atoms with E-state index in [4.69, 9.17) is 6.42 Å². The largest absolute Gasteiger partial charge is 0.376 e. The number of benzene rings is 1. The minimum Gasteiger partial charge on any atom is -0.376 e. The number of hydrogen-bond acceptors (Lipinski definition) is 1. The number of terminal acetylenes is 1. The van der Waals surface area contributed by atoms with Crippen LogP contribution in [0, 0.1) is 12.3 Å². The summed E-state index contributed by atoms with van der Waals surface area (Å²) in [6, 6.07) is 10.1. The van der Waals surface area contributed by atoms with Crippen molar-refractivity contribution in [3.63, 3.8) is 0 Å². The van der Waals surface area contributed by atoms with E-state index in [1.54, 1.807) is 0 Å². The molecule has 1 aromatic rings. The molecule has 14 heavy (non-hydrogen) atoms. The van der Waals surface area contributed by atoms with E-state index in [1.807, 2.05) is 43.3 Å². The van der Waals surface area contributed by atoms with Gasteiger partial charge in [-0.15, -0.1) is 6.42 Å². The van der Waals surface area contributed by atoms with Gasteiger partial charge in [0.2, 0.25) is 0 Å². The van der Waals surface area contributed by atoms with Gasteiger partial charge in [-0.25, -0.2) is 0 Å². The van der Waals surface area contributed by atoms with Crippen LogP contribution in [0.3, 0.4) is 0 Å². The number of hydrogen-bond donors (Lipinski definition) is 1. The number of rotatable bonds is 3. The van der Waals surface area contributed by atoms with Gasteiger partial charge in [0.15, 0.2) is 0 Å². The Labute approximate surface area is 85.1 Å². The second kappa shape index (κ2) is 5.26. The van der Waals surface area contributed by atoms with Crippen molar-refractivity contribution < 1.29 is 5.11 Å². The van der Waals surface area contributed by atoms with Crippen LogP contribution in [-0.4, -0.2) is 11.2 Å². The van der Waals surface area contributed by atoms with E-state index in [0.717, 1.165) is 12.0 Å². The third-order valence-electron chi connectivity index (χ3n) is 2.09. The SMILES string of the molecule is C#CC(O)C(C)=CCc1ccccc1. The van der Waals surface area contributed by atoms with Crippen LogP contribution in [0.15, 0.2) is 42.0 Å². The second-order valence-electron chi connectivity index (χ2n) is 3.21. The summed E-state index contributed by atoms with van der Waals surface area (Å²) < 4.78 is 0. The molecule has 1 aromatic carbocycles. The normalized spacial score (nSPS) is 13.4. The third kappa shape index (κ3) is 3.08. The highest BCUT2D eigenvalue weighted by molar-refractivity contribution is 5.22. The average Bonchev–Trinajstić information content (AvgIpc) is 2.26. The van der Waals surface area contributed by atoms with Crippen LogP contribution in [0.25, 0.3) is 0 Å². The van der Waals surface area contributed by atoms with Crippen molar-refractivity contribution in [2.45, 2.75) is 19.4 Å². The van der Waals surface area contributed by atoms with Gasteiger partial charge in [-0.3, -0.25) is 0 Å². The monoisotopic (exact) mass is 186 g/mol. The second-order valence-corrected chi connectivity index (χ2v) is 3.21. The highest BCUT2D eigenvalue weighted by Gasteiger charge is 1.99. The molecule has 0 aliphatic carbocycles. The Hall–Kier alpha value is -1.52. The molecular weight excluding hydrogens is 172 g/mol. The lowest BCUT2D eigenvalue weighted by atomic mass is 10.1. The number of aliphatic hydroxyl groups is 1. The molecule has 1 heteroatoms. The van der Waals surface area contributed by atoms with Crippen molar-refractivity contribution in [3.8, 4) is 12.3 Å². The zero-order valence-corrected chi connectivity index (χ0v) is 8.27. The predicted octanol–water partition coefficient (Wildman–Crippen LogP) is 2.17. The van der Waals surface area contributed by atoms with Crippen LogP contribution in [0.5, 0.6) is 0 Å². The van der Waals surface area contributed by atoms with Crippen molar-refractivity contribution in [1.29, 1.82) is 0 Å². The fourth-order valence-electron chi connectivity index (χ4n) is 1.14. The molecule has 72 valence electrons. The first-order chi connectivity index (χ1) is 6.74. The quantitative estimate of drug-likeness (QED) is 0.566. The maximum Gasteiger partial charge on any atom is 0.135 e. The van der Waals surface area contributed by atoms with Crippen LogP contribution in [0.4, 0.5) is 0 Å². The third-order valence-corrected chi connectivity index (χ3v) is 2.09. The molecule has 0 bridgehead atoms. The topological polar surface area (TPSA) is 20.2 Å². The molecule has 0 radical (unpaired) electrons. The molecule has 0 amide bonds. The molecule has 1 nitrogen and oxygen atoms in total. The molecule has 0 saturated heterocycles. The smallest absolute Gasteiger partial charge is 0.135 e. The lowest BCUT2D eigenvalue weighted by molar-refractivity contribution is 0.268. The first-order valence-electron chi connectivity index (χ1n) is 4.59. The standard InChI is InChI=1S/C13H14O/c1-3-13(14)11(2)9-10-12-7-5-4-6-8-12/h1,4-9,13-14H,10H2,2H3. The zero-order valence-electron chi connectivity index (χ0n) is 8.27. The van der Waals surface area contributed by atoms with Crippen LogP contribution >= 0.6 is 0 Å². The Morgan fingerprint density at radius 1 is 1.50 bits per heavy atom. The molecule has 1 rings (SSSR count). The van der Waals surface area contributed by atoms with Crippen molar-refractivity contribution in [2.24, 2.45) is 0 Å². The van der Waals surface area contributed by atoms with Crippen molar-refractivity contribution in [2.75, 3.05) is 0 Å². The van der Waals surface area contributed by atoms with Gasteiger partial charge in [-0.05, 0) is 24.5 Å². The summed E-state index contributed by atoms with van der Waals surface area (Å²) in [5.74, 6) is 2.29. The average molecular weight is 186 g/mol. The predicted molar refractivity (Wildman–Crippen MR) is 58.7 cm³/mol. The van der Waals surface area contributed by atoms with Crippen LogP contribution in [-0.2, 0) is 6.42 Å². The Morgan fingerprint density at radius 3 is 2.71 bits per heavy atom. The molecule has 1 atom stereocenters. The summed E-state index contributed by atoms with van der Waals surface area (Å²) in [6.07, 6.45) is 7.12. The van der Waals surface area contributed by atoms with Crippen LogP contribution in [0.1, 0.15) is 12.5 Å². The highest BCUT2D eigenvalue weighted by atomic mass is 16.3. The van der Waals surface area contributed by atoms with E-state index in [-0.39, 0.29) is 0 Å². The summed E-state index contributed by atoms with van der Waals surface area (Å²) in [5, 5.41) is 9.30. The number of allylic oxidation sites excluding steroid dienone is 1. The minimum atomic E-state index is -0.751. The van der Waals surface area contributed by atoms with Crippen molar-refractivity contribution >= 4 is 0 Å². The molecule has 1 unspecified atom stereocenters. The van der Waals surface area contributed by atoms with Crippen molar-refractivity contribution in [1.82, 2.24) is 0 Å². The molecular formula is C13H14O. The van der Waals surface area contributed by atoms with E-state index >= 15 is 0 Å². The Morgan fingerprint density at radius 2 is 2.14 bits per heavy atom. The summed E-state index contributed by atoms with van der Waals surface area (Å²) in [5.41, 5.74) is 2.05. The van der Waals surface area contributed by atoms with Crippen LogP contribution in [0.2, 0.25) is 0 Å². The van der Waals surface area contributed by atoms with Gasteiger partial charge < -0.3 is 5.11 Å². The molecule has 0 spiro atoms. The van der Waals surface area contributed by atoms with E-state index in [9.17, 15) is 5.11 Å². The molecule has 0 fully saturated rings. The van der Waals surface area contributed by atoms with Gasteiger partial charge in [0.05, 0.1) is 0 Å². The molecule has 1 N–H and O–H groups in total. The van der Waals surface area contributed by atoms with Crippen molar-refractivity contribution in [3.05, 3.63) is 47.5 Å². The maximum atomic E-state index is 9.30. The molecule has 0 saturated carbocycles. The van der Waals surface area contributed by atoms with Gasteiger partial charge in [-0.1, -0.05) is 42.3 Å². The van der Waals surface area contributed by atoms with E-state index < -0.39 is 6.10 Å². The summed E-state index contributed by atoms with van der Waals surface area (Å²) in [4.78, 5) is 0. The first kappa shape index (κ1) is 10.6. The van der Waals surface area contributed by atoms with Gasteiger partial charge in [-0.2, -0.15) is 0 Å². The molecule has 0 aliphatic heterocycles. The zero-order chi connectivity index (χ0) is 10.4. The van der Waals surface area contributed by atoms with E-state index in [1.165, 1.54) is 5.56 Å². The van der Waals surface area contributed by atoms with E-state index in [2.05, 4.69) is 5.92 Å².